The zero-order chi connectivity index (χ0) is 21.2. The number of imidazole rings is 1. The third-order valence-electron chi connectivity index (χ3n) is 4.44. The first-order chi connectivity index (χ1) is 13.8. The molecule has 2 heterocycles. The molecule has 10 heteroatoms. The van der Waals surface area contributed by atoms with Gasteiger partial charge in [0.15, 0.2) is 17.1 Å². The molecule has 3 rings (SSSR count). The van der Waals surface area contributed by atoms with Crippen LogP contribution in [0.4, 0.5) is 0 Å². The van der Waals surface area contributed by atoms with Crippen molar-refractivity contribution < 1.29 is 23.0 Å². The molecule has 1 atom stereocenters. The molecule has 3 aromatic rings. The first-order valence-corrected chi connectivity index (χ1v) is 11.0. The van der Waals surface area contributed by atoms with E-state index in [0.717, 1.165) is 6.26 Å². The van der Waals surface area contributed by atoms with Crippen LogP contribution in [-0.2, 0) is 16.4 Å². The molecule has 0 saturated carbocycles. The number of pyridine rings is 1. The third-order valence-corrected chi connectivity index (χ3v) is 5.36. The SMILES string of the molecule is CCOc1cc([C@H](CS(C)(=O)=O)n2c(=O)[nH]c3cc(CO)cnc32)ccc1OC. The van der Waals surface area contributed by atoms with Crippen molar-refractivity contribution in [1.82, 2.24) is 14.5 Å². The second-order valence-corrected chi connectivity index (χ2v) is 8.81. The van der Waals surface area contributed by atoms with E-state index in [1.165, 1.54) is 17.9 Å². The van der Waals surface area contributed by atoms with Crippen LogP contribution in [0.25, 0.3) is 11.2 Å². The molecule has 0 spiro atoms. The van der Waals surface area contributed by atoms with Crippen molar-refractivity contribution >= 4 is 21.0 Å². The summed E-state index contributed by atoms with van der Waals surface area (Å²) >= 11 is 0. The molecular formula is C19H23N3O6S. The van der Waals surface area contributed by atoms with Crippen molar-refractivity contribution in [3.05, 3.63) is 52.1 Å². The summed E-state index contributed by atoms with van der Waals surface area (Å²) in [4.78, 5) is 19.7. The second kappa shape index (κ2) is 8.26. The number of rotatable bonds is 8. The zero-order valence-corrected chi connectivity index (χ0v) is 17.2. The summed E-state index contributed by atoms with van der Waals surface area (Å²) in [5.41, 5.74) is 1.32. The van der Waals surface area contributed by atoms with Gasteiger partial charge in [-0.15, -0.1) is 0 Å². The number of nitrogens with one attached hydrogen (secondary N) is 1. The Morgan fingerprint density at radius 3 is 2.66 bits per heavy atom. The van der Waals surface area contributed by atoms with Crippen LogP contribution in [0.1, 0.15) is 24.1 Å². The lowest BCUT2D eigenvalue weighted by Gasteiger charge is -2.20. The number of benzene rings is 1. The minimum atomic E-state index is -3.45. The highest BCUT2D eigenvalue weighted by Crippen LogP contribution is 2.32. The predicted octanol–water partition coefficient (Wildman–Crippen LogP) is 1.26. The lowest BCUT2D eigenvalue weighted by Crippen LogP contribution is -2.28. The Bertz CT molecular complexity index is 1180. The smallest absolute Gasteiger partial charge is 0.328 e. The number of fused-ring (bicyclic) bond motifs is 1. The Labute approximate surface area is 167 Å². The van der Waals surface area contributed by atoms with Crippen LogP contribution in [0.5, 0.6) is 11.5 Å². The molecule has 0 aliphatic carbocycles. The molecule has 29 heavy (non-hydrogen) atoms. The molecule has 0 amide bonds. The van der Waals surface area contributed by atoms with Gasteiger partial charge in [-0.2, -0.15) is 0 Å². The van der Waals surface area contributed by atoms with Gasteiger partial charge >= 0.3 is 5.69 Å². The van der Waals surface area contributed by atoms with E-state index in [0.29, 0.717) is 40.4 Å². The maximum absolute atomic E-state index is 12.7. The van der Waals surface area contributed by atoms with Crippen molar-refractivity contribution in [1.29, 1.82) is 0 Å². The highest BCUT2D eigenvalue weighted by Gasteiger charge is 2.25. The van der Waals surface area contributed by atoms with Crippen molar-refractivity contribution in [2.45, 2.75) is 19.6 Å². The fraction of sp³-hybridized carbons (Fsp3) is 0.368. The normalized spacial score (nSPS) is 12.8. The number of methoxy groups -OCH3 is 1. The van der Waals surface area contributed by atoms with Crippen LogP contribution in [0.2, 0.25) is 0 Å². The molecule has 0 unspecified atom stereocenters. The summed E-state index contributed by atoms with van der Waals surface area (Å²) in [6, 6.07) is 5.82. The van der Waals surface area contributed by atoms with Crippen LogP contribution < -0.4 is 15.2 Å². The molecule has 9 nitrogen and oxygen atoms in total. The molecule has 156 valence electrons. The fourth-order valence-electron chi connectivity index (χ4n) is 3.21. The summed E-state index contributed by atoms with van der Waals surface area (Å²) in [5.74, 6) is 0.654. The fourth-order valence-corrected chi connectivity index (χ4v) is 4.12. The Morgan fingerprint density at radius 2 is 2.03 bits per heavy atom. The van der Waals surface area contributed by atoms with Crippen LogP contribution in [-0.4, -0.2) is 53.8 Å². The molecule has 2 aromatic heterocycles. The molecule has 0 saturated heterocycles. The number of H-pyrrole nitrogens is 1. The van der Waals surface area contributed by atoms with Crippen molar-refractivity contribution in [3.63, 3.8) is 0 Å². The maximum Gasteiger partial charge on any atom is 0.328 e. The van der Waals surface area contributed by atoms with E-state index in [9.17, 15) is 18.3 Å². The molecule has 0 bridgehead atoms. The molecule has 0 aliphatic rings. The van der Waals surface area contributed by atoms with Gasteiger partial charge in [0.05, 0.1) is 37.6 Å². The summed E-state index contributed by atoms with van der Waals surface area (Å²) in [6.07, 6.45) is 2.56. The van der Waals surface area contributed by atoms with Gasteiger partial charge in [0, 0.05) is 12.5 Å². The number of aromatic amines is 1. The van der Waals surface area contributed by atoms with Gasteiger partial charge in [-0.3, -0.25) is 4.57 Å². The number of sulfone groups is 1. The standard InChI is InChI=1S/C19H23N3O6S/c1-4-28-17-8-13(5-6-16(17)27-2)15(11-29(3,25)26)22-18-14(21-19(22)24)7-12(10-23)9-20-18/h5-9,15,23H,4,10-11H2,1-3H3,(H,21,24)/t15-/m0/s1. The maximum atomic E-state index is 12.7. The number of aliphatic hydroxyl groups is 1. The Morgan fingerprint density at radius 1 is 1.28 bits per heavy atom. The highest BCUT2D eigenvalue weighted by molar-refractivity contribution is 7.90. The highest BCUT2D eigenvalue weighted by atomic mass is 32.2. The lowest BCUT2D eigenvalue weighted by atomic mass is 10.1. The summed E-state index contributed by atoms with van der Waals surface area (Å²) in [6.45, 7) is 2.00. The number of nitrogens with zero attached hydrogens (tertiary/aromatic N) is 2. The van der Waals surface area contributed by atoms with Gasteiger partial charge in [0.1, 0.15) is 9.84 Å². The lowest BCUT2D eigenvalue weighted by molar-refractivity contribution is 0.281. The van der Waals surface area contributed by atoms with Gasteiger partial charge in [0.25, 0.3) is 0 Å². The number of ether oxygens (including phenoxy) is 2. The van der Waals surface area contributed by atoms with E-state index >= 15 is 0 Å². The minimum Gasteiger partial charge on any atom is -0.493 e. The topological polar surface area (TPSA) is 124 Å². The summed E-state index contributed by atoms with van der Waals surface area (Å²) < 4.78 is 36.5. The average Bonchev–Trinajstić information content (AvgIpc) is 3.00. The second-order valence-electron chi connectivity index (χ2n) is 6.62. The molecule has 1 aromatic carbocycles. The third kappa shape index (κ3) is 4.43. The quantitative estimate of drug-likeness (QED) is 0.561. The van der Waals surface area contributed by atoms with Crippen LogP contribution in [0, 0.1) is 0 Å². The van der Waals surface area contributed by atoms with E-state index in [1.54, 1.807) is 24.3 Å². The Balaban J connectivity index is 2.22. The van der Waals surface area contributed by atoms with E-state index in [-0.39, 0.29) is 12.4 Å². The van der Waals surface area contributed by atoms with Crippen LogP contribution >= 0.6 is 0 Å². The van der Waals surface area contributed by atoms with Gasteiger partial charge < -0.3 is 19.6 Å². The first kappa shape index (κ1) is 20.9. The molecule has 2 N–H and O–H groups in total. The van der Waals surface area contributed by atoms with Gasteiger partial charge in [-0.1, -0.05) is 6.07 Å². The van der Waals surface area contributed by atoms with Crippen molar-refractivity contribution in [2.24, 2.45) is 0 Å². The number of hydrogen-bond donors (Lipinski definition) is 2. The largest absolute Gasteiger partial charge is 0.493 e. The molecule has 0 fully saturated rings. The number of hydrogen-bond acceptors (Lipinski definition) is 7. The molecule has 0 aliphatic heterocycles. The predicted molar refractivity (Wildman–Crippen MR) is 108 cm³/mol. The monoisotopic (exact) mass is 421 g/mol. The minimum absolute atomic E-state index is 0.223. The van der Waals surface area contributed by atoms with Gasteiger partial charge in [0.2, 0.25) is 0 Å². The number of aliphatic hydroxyl groups excluding tert-OH is 1. The first-order valence-electron chi connectivity index (χ1n) is 8.95. The van der Waals surface area contributed by atoms with Crippen LogP contribution in [0.3, 0.4) is 0 Å². The Kier molecular flexibility index (Phi) is 5.94. The molecule has 0 radical (unpaired) electrons. The summed E-state index contributed by atoms with van der Waals surface area (Å²) in [7, 11) is -1.94. The zero-order valence-electron chi connectivity index (χ0n) is 16.4. The molecular weight excluding hydrogens is 398 g/mol. The van der Waals surface area contributed by atoms with E-state index in [1.807, 2.05) is 6.92 Å². The summed E-state index contributed by atoms with van der Waals surface area (Å²) in [5, 5.41) is 9.30. The van der Waals surface area contributed by atoms with Gasteiger partial charge in [-0.05, 0) is 36.2 Å². The van der Waals surface area contributed by atoms with E-state index in [4.69, 9.17) is 9.47 Å². The van der Waals surface area contributed by atoms with Crippen molar-refractivity contribution in [2.75, 3.05) is 25.7 Å². The van der Waals surface area contributed by atoms with E-state index < -0.39 is 21.6 Å². The Hall–Kier alpha value is -2.85. The van der Waals surface area contributed by atoms with Crippen LogP contribution in [0.15, 0.2) is 35.3 Å². The van der Waals surface area contributed by atoms with Crippen molar-refractivity contribution in [3.8, 4) is 11.5 Å². The number of aromatic nitrogens is 3. The van der Waals surface area contributed by atoms with E-state index in [2.05, 4.69) is 9.97 Å². The van der Waals surface area contributed by atoms with Gasteiger partial charge in [-0.25, -0.2) is 18.2 Å². The average molecular weight is 421 g/mol.